The molecule has 5 aromatic heterocycles. The highest BCUT2D eigenvalue weighted by atomic mass is 32.1. The summed E-state index contributed by atoms with van der Waals surface area (Å²) in [6.45, 7) is 9.96. The molecule has 1 aliphatic carbocycles. The zero-order chi connectivity index (χ0) is 89.5. The normalized spacial score (nSPS) is 11.9. The predicted octanol–water partition coefficient (Wildman–Crippen LogP) is 27.3. The van der Waals surface area contributed by atoms with Crippen molar-refractivity contribution in [1.29, 1.82) is 0 Å². The van der Waals surface area contributed by atoms with Gasteiger partial charge in [-0.05, 0) is 261 Å². The summed E-state index contributed by atoms with van der Waals surface area (Å²) in [5, 5.41) is 78.7. The van der Waals surface area contributed by atoms with Gasteiger partial charge in [-0.2, -0.15) is 0 Å². The number of rotatable bonds is 26. The number of ether oxygens (including phenoxy) is 6. The molecular formula is C103H84FNO18S4. The molecule has 24 heteroatoms. The van der Waals surface area contributed by atoms with Gasteiger partial charge in [-0.1, -0.05) is 105 Å². The lowest BCUT2D eigenvalue weighted by molar-refractivity contribution is -0.132. The Balaban J connectivity index is 0.000000137. The molecule has 0 spiro atoms. The van der Waals surface area contributed by atoms with Crippen LogP contribution in [0.25, 0.3) is 106 Å². The topological polar surface area (TPSA) is 298 Å². The van der Waals surface area contributed by atoms with E-state index >= 15 is 0 Å². The molecule has 0 aliphatic heterocycles. The first kappa shape index (κ1) is 88.5. The van der Waals surface area contributed by atoms with Gasteiger partial charge in [0.1, 0.15) is 57.6 Å². The number of phenols is 4. The average molecular weight is 1770 g/mol. The van der Waals surface area contributed by atoms with Crippen LogP contribution in [0.4, 0.5) is 4.39 Å². The maximum absolute atomic E-state index is 14.0. The number of nitrogens with zero attached hydrogens (tertiary/aromatic N) is 1. The number of aryl methyl sites for hydroxylation is 3. The lowest BCUT2D eigenvalue weighted by Crippen LogP contribution is -2.06. The van der Waals surface area contributed by atoms with Crippen molar-refractivity contribution >= 4 is 134 Å². The minimum Gasteiger partial charge on any atom is -0.508 e. The molecule has 0 bridgehead atoms. The number of aromatic nitrogens is 1. The van der Waals surface area contributed by atoms with Gasteiger partial charge in [-0.15, -0.1) is 45.3 Å². The summed E-state index contributed by atoms with van der Waals surface area (Å²) < 4.78 is 54.1. The molecule has 1 aliphatic rings. The van der Waals surface area contributed by atoms with E-state index in [1.54, 1.807) is 157 Å². The standard InChI is InChI=1S/C27H24O4S.C26H21FO5S.C26H20O4S.C24H19NO5S/c1-3-18-6-5-7-19(4-2)25(18)27-26(22-14-11-20(28)16-23(22)32-27)31-21-12-8-17(9-13-21)10-15-24(29)30;1-15(2)31-22-13-17(27)6-10-20(22)26-25(21-11-7-18(28)14-23(21)33-26)32-19-8-3-16(4-9-19)5-12-24(29)30;27-18-10-13-22-23(15-18)31-26(21-4-2-1-3-20(21)17-8-9-17)25(22)30-19-11-5-16(6-12-19)7-14-24(28)29;1-14-18(10-11-21(25-14)29-2)24-23(19-9-6-16(26)13-20(19)31-24)30-17-7-3-15(4-8-17)5-12-22(27)28/h5-16,28H,3-4H2,1-2H3,(H,29,30);3-15,28H,1-2H3,(H,29,30);1-7,10-15,17,27H,8-9H2,(H,28,29);3-13,26H,1-2H3,(H,27,28)/b15-10+;12-5+;14-7+;12-5+. The van der Waals surface area contributed by atoms with Crippen LogP contribution in [-0.2, 0) is 32.0 Å². The molecule has 0 unspecified atom stereocenters. The van der Waals surface area contributed by atoms with E-state index in [9.17, 15) is 44.0 Å². The van der Waals surface area contributed by atoms with E-state index < -0.39 is 29.7 Å². The Morgan fingerprint density at radius 2 is 0.764 bits per heavy atom. The van der Waals surface area contributed by atoms with Crippen molar-refractivity contribution in [3.8, 4) is 122 Å². The third-order valence-electron chi connectivity index (χ3n) is 20.1. The molecule has 1 saturated carbocycles. The second-order valence-corrected chi connectivity index (χ2v) is 33.7. The summed E-state index contributed by atoms with van der Waals surface area (Å²) in [6, 6.07) is 72.7. The number of methoxy groups -OCH3 is 1. The number of thiophene rings is 4. The number of carboxylic acids is 4. The molecule has 0 amide bonds. The molecule has 127 heavy (non-hydrogen) atoms. The number of fused-ring (bicyclic) bond motifs is 4. The summed E-state index contributed by atoms with van der Waals surface area (Å²) in [6.07, 6.45) is 14.6. The van der Waals surface area contributed by atoms with Gasteiger partial charge in [0.15, 0.2) is 23.0 Å². The van der Waals surface area contributed by atoms with Gasteiger partial charge >= 0.3 is 23.9 Å². The highest BCUT2D eigenvalue weighted by Crippen LogP contribution is 2.55. The smallest absolute Gasteiger partial charge is 0.328 e. The fourth-order valence-electron chi connectivity index (χ4n) is 14.0. The second kappa shape index (κ2) is 40.2. The van der Waals surface area contributed by atoms with Crippen molar-refractivity contribution < 1.29 is 92.8 Å². The fourth-order valence-corrected chi connectivity index (χ4v) is 18.9. The van der Waals surface area contributed by atoms with Crippen LogP contribution < -0.4 is 28.4 Å². The summed E-state index contributed by atoms with van der Waals surface area (Å²) in [5.41, 5.74) is 11.7. The van der Waals surface area contributed by atoms with Crippen molar-refractivity contribution in [2.24, 2.45) is 0 Å². The molecule has 5 heterocycles. The van der Waals surface area contributed by atoms with Crippen LogP contribution in [-0.4, -0.2) is 82.9 Å². The number of halogens is 1. The number of hydrogen-bond donors (Lipinski definition) is 8. The SMILES string of the molecule is CC(C)Oc1cc(F)ccc1-c1sc2cc(O)ccc2c1Oc1ccc(/C=C/C(=O)O)cc1.CCc1cccc(CC)c1-c1sc2cc(O)ccc2c1Oc1ccc(/C=C/C(=O)O)cc1.COc1ccc(-c2sc3cc(O)ccc3c2Oc2ccc(/C=C/C(=O)O)cc2)c(C)n1.O=C(O)/C=C/c1ccc(Oc2c(-c3ccccc3C3CC3)sc3cc(O)ccc23)cc1. The largest absolute Gasteiger partial charge is 0.508 e. The third-order valence-corrected chi connectivity index (χ3v) is 24.8. The van der Waals surface area contributed by atoms with Gasteiger partial charge in [0.25, 0.3) is 0 Å². The molecule has 16 aromatic rings. The van der Waals surface area contributed by atoms with E-state index in [2.05, 4.69) is 61.3 Å². The first-order valence-corrected chi connectivity index (χ1v) is 43.6. The first-order valence-electron chi connectivity index (χ1n) is 40.3. The van der Waals surface area contributed by atoms with Crippen LogP contribution in [0.1, 0.15) is 91.1 Å². The van der Waals surface area contributed by atoms with Gasteiger partial charge in [-0.25, -0.2) is 28.6 Å². The van der Waals surface area contributed by atoms with Crippen LogP contribution in [0.3, 0.4) is 0 Å². The maximum Gasteiger partial charge on any atom is 0.328 e. The number of aromatic hydroxyl groups is 4. The van der Waals surface area contributed by atoms with Crippen LogP contribution in [0, 0.1) is 12.7 Å². The lowest BCUT2D eigenvalue weighted by atomic mass is 9.95. The van der Waals surface area contributed by atoms with Crippen LogP contribution in [0.5, 0.6) is 80.6 Å². The Hall–Kier alpha value is -14.8. The van der Waals surface area contributed by atoms with Crippen molar-refractivity contribution in [3.05, 3.63) is 317 Å². The first-order chi connectivity index (χ1) is 61.3. The van der Waals surface area contributed by atoms with E-state index in [4.69, 9.17) is 48.8 Å². The summed E-state index contributed by atoms with van der Waals surface area (Å²) in [4.78, 5) is 51.1. The molecular weight excluding hydrogens is 1690 g/mol. The van der Waals surface area contributed by atoms with E-state index in [-0.39, 0.29) is 29.1 Å². The van der Waals surface area contributed by atoms with Crippen LogP contribution in [0.2, 0.25) is 0 Å². The molecule has 0 radical (unpaired) electrons. The Kier molecular flexibility index (Phi) is 28.0. The minimum atomic E-state index is -1.02. The van der Waals surface area contributed by atoms with Crippen molar-refractivity contribution in [1.82, 2.24) is 4.98 Å². The Labute approximate surface area is 745 Å². The quantitative estimate of drug-likeness (QED) is 0.0234. The average Bonchev–Trinajstić information content (AvgIpc) is 1.61. The zero-order valence-corrected chi connectivity index (χ0v) is 72.6. The second-order valence-electron chi connectivity index (χ2n) is 29.4. The Morgan fingerprint density at radius 3 is 1.11 bits per heavy atom. The van der Waals surface area contributed by atoms with Gasteiger partial charge in [-0.3, -0.25) is 0 Å². The lowest BCUT2D eigenvalue weighted by Gasteiger charge is -2.15. The van der Waals surface area contributed by atoms with Gasteiger partial charge in [0.2, 0.25) is 5.88 Å². The molecule has 11 aromatic carbocycles. The van der Waals surface area contributed by atoms with Crippen molar-refractivity contribution in [2.45, 2.75) is 72.3 Å². The molecule has 640 valence electrons. The van der Waals surface area contributed by atoms with Crippen molar-refractivity contribution in [2.75, 3.05) is 7.11 Å². The number of carbonyl (C=O) groups is 4. The van der Waals surface area contributed by atoms with Crippen LogP contribution in [0.15, 0.2) is 267 Å². The van der Waals surface area contributed by atoms with Crippen LogP contribution >= 0.6 is 45.3 Å². The van der Waals surface area contributed by atoms with Gasteiger partial charge < -0.3 is 69.3 Å². The monoisotopic (exact) mass is 1770 g/mol. The number of pyridine rings is 1. The van der Waals surface area contributed by atoms with Gasteiger partial charge in [0, 0.05) is 93.5 Å². The number of carboxylic acid groups (broad SMARTS) is 4. The van der Waals surface area contributed by atoms with Crippen molar-refractivity contribution in [3.63, 3.8) is 0 Å². The minimum absolute atomic E-state index is 0.134. The fraction of sp³-hybridized carbons (Fsp3) is 0.117. The summed E-state index contributed by atoms with van der Waals surface area (Å²) >= 11 is 6.16. The van der Waals surface area contributed by atoms with E-state index in [0.29, 0.717) is 57.6 Å². The number of hydrogen-bond acceptors (Lipinski definition) is 19. The molecule has 19 nitrogen and oxygen atoms in total. The molecule has 0 saturated heterocycles. The molecule has 17 rings (SSSR count). The van der Waals surface area contributed by atoms with E-state index in [0.717, 1.165) is 142 Å². The highest BCUT2D eigenvalue weighted by Gasteiger charge is 2.30. The number of phenolic OH excluding ortho intramolecular Hbond substituents is 4. The van der Waals surface area contributed by atoms with E-state index in [1.807, 2.05) is 93.6 Å². The summed E-state index contributed by atoms with van der Waals surface area (Å²) in [5.74, 6) is 3.21. The molecule has 0 atom stereocenters. The van der Waals surface area contributed by atoms with Gasteiger partial charge in [0.05, 0.1) is 38.4 Å². The predicted molar refractivity (Wildman–Crippen MR) is 504 cm³/mol. The third kappa shape index (κ3) is 22.0. The van der Waals surface area contributed by atoms with E-state index in [1.165, 1.54) is 87.6 Å². The Morgan fingerprint density at radius 1 is 0.417 bits per heavy atom. The molecule has 8 N–H and O–H groups in total. The number of aliphatic carboxylic acids is 4. The number of benzene rings is 11. The summed E-state index contributed by atoms with van der Waals surface area (Å²) in [7, 11) is 1.58. The zero-order valence-electron chi connectivity index (χ0n) is 69.3. The maximum atomic E-state index is 14.0. The highest BCUT2D eigenvalue weighted by molar-refractivity contribution is 7.24. The Bertz CT molecular complexity index is 6850. The molecule has 1 fully saturated rings.